The highest BCUT2D eigenvalue weighted by Crippen LogP contribution is 2.13. The van der Waals surface area contributed by atoms with Gasteiger partial charge in [-0.1, -0.05) is 0 Å². The molecule has 98 valence electrons. The molecule has 1 atom stereocenters. The fourth-order valence-corrected chi connectivity index (χ4v) is 1.49. The number of nitrogens with zero attached hydrogens (tertiary/aromatic N) is 1. The van der Waals surface area contributed by atoms with Crippen molar-refractivity contribution in [2.24, 2.45) is 0 Å². The molecule has 1 aromatic carbocycles. The van der Waals surface area contributed by atoms with Crippen molar-refractivity contribution in [2.45, 2.75) is 25.1 Å². The van der Waals surface area contributed by atoms with Crippen molar-refractivity contribution in [3.63, 3.8) is 0 Å². The highest BCUT2D eigenvalue weighted by molar-refractivity contribution is 6.20. The molecule has 1 unspecified atom stereocenters. The van der Waals surface area contributed by atoms with Crippen LogP contribution < -0.4 is 0 Å². The van der Waals surface area contributed by atoms with Crippen LogP contribution >= 0.6 is 11.6 Å². The number of hydrogen-bond donors (Lipinski definition) is 0. The Labute approximate surface area is 110 Å². The number of non-ortho nitro benzene ring substituents is 1. The van der Waals surface area contributed by atoms with E-state index in [9.17, 15) is 14.9 Å². The van der Waals surface area contributed by atoms with E-state index in [-0.39, 0.29) is 11.1 Å². The number of nitro benzene ring substituents is 1. The first-order valence-electron chi connectivity index (χ1n) is 5.56. The van der Waals surface area contributed by atoms with Crippen LogP contribution in [0.15, 0.2) is 24.3 Å². The molecule has 1 rings (SSSR count). The number of nitro groups is 1. The van der Waals surface area contributed by atoms with Gasteiger partial charge in [-0.15, -0.1) is 11.6 Å². The summed E-state index contributed by atoms with van der Waals surface area (Å²) >= 11 is 5.75. The van der Waals surface area contributed by atoms with Gasteiger partial charge in [0.2, 0.25) is 0 Å². The smallest absolute Gasteiger partial charge is 0.338 e. The summed E-state index contributed by atoms with van der Waals surface area (Å²) in [6.07, 6.45) is 1.47. The molecule has 0 fully saturated rings. The Kier molecular flexibility index (Phi) is 5.58. The molecule has 1 aromatic rings. The van der Waals surface area contributed by atoms with Crippen LogP contribution in [-0.4, -0.2) is 22.9 Å². The van der Waals surface area contributed by atoms with Gasteiger partial charge in [-0.3, -0.25) is 10.1 Å². The van der Waals surface area contributed by atoms with E-state index < -0.39 is 10.9 Å². The third-order valence-electron chi connectivity index (χ3n) is 2.29. The van der Waals surface area contributed by atoms with Crippen molar-refractivity contribution < 1.29 is 14.5 Å². The molecule has 0 spiro atoms. The second kappa shape index (κ2) is 6.96. The first-order valence-corrected chi connectivity index (χ1v) is 6.00. The molecular weight excluding hydrogens is 258 g/mol. The van der Waals surface area contributed by atoms with Gasteiger partial charge in [0, 0.05) is 17.5 Å². The van der Waals surface area contributed by atoms with E-state index in [0.717, 1.165) is 6.42 Å². The summed E-state index contributed by atoms with van der Waals surface area (Å²) in [6, 6.07) is 5.31. The number of halogens is 1. The van der Waals surface area contributed by atoms with E-state index in [1.807, 2.05) is 6.92 Å². The molecule has 0 aliphatic heterocycles. The van der Waals surface area contributed by atoms with Gasteiger partial charge < -0.3 is 4.74 Å². The lowest BCUT2D eigenvalue weighted by atomic mass is 10.2. The van der Waals surface area contributed by atoms with Crippen LogP contribution in [0.2, 0.25) is 0 Å². The molecule has 6 heteroatoms. The van der Waals surface area contributed by atoms with Gasteiger partial charge in [-0.2, -0.15) is 0 Å². The van der Waals surface area contributed by atoms with Crippen LogP contribution in [0.4, 0.5) is 5.69 Å². The molecule has 0 aliphatic rings. The Balaban J connectivity index is 2.44. The van der Waals surface area contributed by atoms with Crippen LogP contribution in [0, 0.1) is 10.1 Å². The number of rotatable bonds is 6. The maximum absolute atomic E-state index is 11.5. The van der Waals surface area contributed by atoms with E-state index in [1.165, 1.54) is 24.3 Å². The van der Waals surface area contributed by atoms with E-state index in [0.29, 0.717) is 18.6 Å². The van der Waals surface area contributed by atoms with Crippen LogP contribution in [-0.2, 0) is 4.74 Å². The Morgan fingerprint density at radius 2 is 2.06 bits per heavy atom. The number of alkyl halides is 1. The van der Waals surface area contributed by atoms with Gasteiger partial charge in [0.1, 0.15) is 0 Å². The van der Waals surface area contributed by atoms with Crippen molar-refractivity contribution in [2.75, 3.05) is 6.61 Å². The summed E-state index contributed by atoms with van der Waals surface area (Å²) in [6.45, 7) is 2.17. The third kappa shape index (κ3) is 4.71. The number of carbonyl (C=O) groups is 1. The van der Waals surface area contributed by atoms with Gasteiger partial charge in [-0.25, -0.2) is 4.79 Å². The van der Waals surface area contributed by atoms with Crippen molar-refractivity contribution in [1.29, 1.82) is 0 Å². The number of esters is 1. The number of benzene rings is 1. The summed E-state index contributed by atoms with van der Waals surface area (Å²) in [5.41, 5.74) is 0.252. The van der Waals surface area contributed by atoms with Crippen molar-refractivity contribution >= 4 is 23.3 Å². The van der Waals surface area contributed by atoms with Crippen LogP contribution in [0.1, 0.15) is 30.1 Å². The maximum Gasteiger partial charge on any atom is 0.338 e. The largest absolute Gasteiger partial charge is 0.462 e. The topological polar surface area (TPSA) is 69.4 Å². The molecular formula is C12H14ClNO4. The fourth-order valence-electron chi connectivity index (χ4n) is 1.33. The van der Waals surface area contributed by atoms with Crippen molar-refractivity contribution in [3.05, 3.63) is 39.9 Å². The predicted molar refractivity (Wildman–Crippen MR) is 67.9 cm³/mol. The van der Waals surface area contributed by atoms with E-state index >= 15 is 0 Å². The highest BCUT2D eigenvalue weighted by atomic mass is 35.5. The summed E-state index contributed by atoms with van der Waals surface area (Å²) < 4.78 is 5.01. The monoisotopic (exact) mass is 271 g/mol. The van der Waals surface area contributed by atoms with Crippen LogP contribution in [0.3, 0.4) is 0 Å². The molecule has 0 bridgehead atoms. The number of carbonyl (C=O) groups excluding carboxylic acids is 1. The zero-order valence-corrected chi connectivity index (χ0v) is 10.7. The van der Waals surface area contributed by atoms with Gasteiger partial charge >= 0.3 is 5.97 Å². The van der Waals surface area contributed by atoms with Gasteiger partial charge in [0.05, 0.1) is 17.1 Å². The Morgan fingerprint density at radius 3 is 2.56 bits per heavy atom. The third-order valence-corrected chi connectivity index (χ3v) is 2.51. The molecule has 0 aliphatic carbocycles. The van der Waals surface area contributed by atoms with Crippen LogP contribution in [0.25, 0.3) is 0 Å². The second-order valence-corrected chi connectivity index (χ2v) is 4.61. The minimum atomic E-state index is -0.517. The van der Waals surface area contributed by atoms with Crippen molar-refractivity contribution in [3.8, 4) is 0 Å². The predicted octanol–water partition coefficient (Wildman–Crippen LogP) is 3.16. The Morgan fingerprint density at radius 1 is 1.44 bits per heavy atom. The minimum Gasteiger partial charge on any atom is -0.462 e. The standard InChI is InChI=1S/C12H14ClNO4/c1-9(13)3-2-8-18-12(15)10-4-6-11(7-5-10)14(16)17/h4-7,9H,2-3,8H2,1H3. The quantitative estimate of drug-likeness (QED) is 0.262. The van der Waals surface area contributed by atoms with E-state index in [2.05, 4.69) is 0 Å². The van der Waals surface area contributed by atoms with E-state index in [4.69, 9.17) is 16.3 Å². The Bertz CT molecular complexity index is 417. The van der Waals surface area contributed by atoms with Crippen molar-refractivity contribution in [1.82, 2.24) is 0 Å². The number of ether oxygens (including phenoxy) is 1. The molecule has 18 heavy (non-hydrogen) atoms. The average molecular weight is 272 g/mol. The average Bonchev–Trinajstić information content (AvgIpc) is 2.34. The molecule has 0 N–H and O–H groups in total. The number of hydrogen-bond acceptors (Lipinski definition) is 4. The summed E-state index contributed by atoms with van der Waals surface area (Å²) in [5.74, 6) is -0.480. The first-order chi connectivity index (χ1) is 8.50. The highest BCUT2D eigenvalue weighted by Gasteiger charge is 2.10. The second-order valence-electron chi connectivity index (χ2n) is 3.86. The first kappa shape index (κ1) is 14.4. The summed E-state index contributed by atoms with van der Waals surface area (Å²) in [7, 11) is 0. The van der Waals surface area contributed by atoms with E-state index in [1.54, 1.807) is 0 Å². The SMILES string of the molecule is CC(Cl)CCCOC(=O)c1ccc([N+](=O)[O-])cc1. The van der Waals surface area contributed by atoms with Gasteiger partial charge in [0.15, 0.2) is 0 Å². The minimum absolute atomic E-state index is 0.0532. The molecule has 0 aromatic heterocycles. The Hall–Kier alpha value is -1.62. The molecule has 0 saturated carbocycles. The summed E-state index contributed by atoms with van der Waals surface area (Å²) in [4.78, 5) is 21.5. The maximum atomic E-state index is 11.5. The van der Waals surface area contributed by atoms with Gasteiger partial charge in [-0.05, 0) is 31.9 Å². The lowest BCUT2D eigenvalue weighted by Gasteiger charge is -2.05. The lowest BCUT2D eigenvalue weighted by Crippen LogP contribution is -2.07. The molecule has 0 amide bonds. The normalized spacial score (nSPS) is 11.9. The molecule has 0 saturated heterocycles. The zero-order chi connectivity index (χ0) is 13.5. The molecule has 0 radical (unpaired) electrons. The lowest BCUT2D eigenvalue weighted by molar-refractivity contribution is -0.384. The zero-order valence-electron chi connectivity index (χ0n) is 9.97. The van der Waals surface area contributed by atoms with Crippen LogP contribution in [0.5, 0.6) is 0 Å². The molecule has 0 heterocycles. The van der Waals surface area contributed by atoms with Gasteiger partial charge in [0.25, 0.3) is 5.69 Å². The summed E-state index contributed by atoms with van der Waals surface area (Å²) in [5, 5.41) is 10.5. The fraction of sp³-hybridized carbons (Fsp3) is 0.417. The molecule has 5 nitrogen and oxygen atoms in total.